The average Bonchev–Trinajstić information content (AvgIpc) is 2.20. The van der Waals surface area contributed by atoms with Crippen LogP contribution in [0.25, 0.3) is 0 Å². The maximum atomic E-state index is 6.07. The van der Waals surface area contributed by atoms with Crippen molar-refractivity contribution in [2.24, 2.45) is 0 Å². The van der Waals surface area contributed by atoms with E-state index in [4.69, 9.17) is 11.6 Å². The molecular formula is C11H18ClN3. The highest BCUT2D eigenvalue weighted by Crippen LogP contribution is 2.23. The van der Waals surface area contributed by atoms with Gasteiger partial charge in [-0.2, -0.15) is 0 Å². The number of nitrogens with zero attached hydrogens (tertiary/aromatic N) is 3. The topological polar surface area (TPSA) is 29.0 Å². The van der Waals surface area contributed by atoms with E-state index in [0.29, 0.717) is 11.2 Å². The van der Waals surface area contributed by atoms with E-state index in [9.17, 15) is 0 Å². The highest BCUT2D eigenvalue weighted by atomic mass is 35.5. The molecule has 0 aromatic carbocycles. The van der Waals surface area contributed by atoms with Crippen LogP contribution in [0.2, 0.25) is 5.15 Å². The van der Waals surface area contributed by atoms with E-state index in [2.05, 4.69) is 28.7 Å². The molecule has 0 unspecified atom stereocenters. The lowest BCUT2D eigenvalue weighted by Gasteiger charge is -2.24. The quantitative estimate of drug-likeness (QED) is 0.744. The molecule has 0 bridgehead atoms. The molecule has 0 saturated heterocycles. The molecule has 1 rings (SSSR count). The number of aromatic nitrogens is 2. The Hall–Kier alpha value is -0.830. The summed E-state index contributed by atoms with van der Waals surface area (Å²) in [5.74, 6) is 1.73. The van der Waals surface area contributed by atoms with Gasteiger partial charge < -0.3 is 4.90 Å². The number of anilines is 1. The van der Waals surface area contributed by atoms with E-state index >= 15 is 0 Å². The van der Waals surface area contributed by atoms with Crippen molar-refractivity contribution in [3.63, 3.8) is 0 Å². The highest BCUT2D eigenvalue weighted by molar-refractivity contribution is 6.30. The summed E-state index contributed by atoms with van der Waals surface area (Å²) in [6, 6.07) is 0.402. The second kappa shape index (κ2) is 4.79. The van der Waals surface area contributed by atoms with Crippen LogP contribution in [0.1, 0.15) is 32.2 Å². The van der Waals surface area contributed by atoms with Gasteiger partial charge in [0.1, 0.15) is 16.8 Å². The normalized spacial score (nSPS) is 10.9. The minimum atomic E-state index is 0.402. The van der Waals surface area contributed by atoms with Gasteiger partial charge in [-0.15, -0.1) is 0 Å². The minimum absolute atomic E-state index is 0.402. The third-order valence-corrected chi connectivity index (χ3v) is 2.90. The Morgan fingerprint density at radius 3 is 2.40 bits per heavy atom. The SMILES string of the molecule is CCc1nc(Cl)c(C)c(N(C)C(C)C)n1. The molecular weight excluding hydrogens is 210 g/mol. The Labute approximate surface area is 96.5 Å². The largest absolute Gasteiger partial charge is 0.357 e. The monoisotopic (exact) mass is 227 g/mol. The van der Waals surface area contributed by atoms with Gasteiger partial charge in [0.2, 0.25) is 0 Å². The van der Waals surface area contributed by atoms with Crippen molar-refractivity contribution in [1.29, 1.82) is 0 Å². The van der Waals surface area contributed by atoms with Gasteiger partial charge in [0.25, 0.3) is 0 Å². The average molecular weight is 228 g/mol. The van der Waals surface area contributed by atoms with Gasteiger partial charge in [0, 0.05) is 25.1 Å². The summed E-state index contributed by atoms with van der Waals surface area (Å²) < 4.78 is 0. The second-order valence-corrected chi connectivity index (χ2v) is 4.30. The van der Waals surface area contributed by atoms with Gasteiger partial charge in [-0.3, -0.25) is 0 Å². The number of hydrogen-bond acceptors (Lipinski definition) is 3. The Bertz CT molecular complexity index is 350. The molecule has 1 aromatic rings. The van der Waals surface area contributed by atoms with Crippen molar-refractivity contribution in [3.8, 4) is 0 Å². The van der Waals surface area contributed by atoms with Crippen molar-refractivity contribution in [3.05, 3.63) is 16.5 Å². The lowest BCUT2D eigenvalue weighted by molar-refractivity contribution is 0.732. The molecule has 0 N–H and O–H groups in total. The first-order valence-electron chi connectivity index (χ1n) is 5.23. The summed E-state index contributed by atoms with van der Waals surface area (Å²) in [7, 11) is 2.02. The van der Waals surface area contributed by atoms with E-state index in [-0.39, 0.29) is 0 Å². The molecule has 0 spiro atoms. The van der Waals surface area contributed by atoms with Crippen molar-refractivity contribution in [1.82, 2.24) is 9.97 Å². The van der Waals surface area contributed by atoms with Gasteiger partial charge >= 0.3 is 0 Å². The fraction of sp³-hybridized carbons (Fsp3) is 0.636. The number of halogens is 1. The van der Waals surface area contributed by atoms with E-state index < -0.39 is 0 Å². The summed E-state index contributed by atoms with van der Waals surface area (Å²) >= 11 is 6.07. The zero-order valence-electron chi connectivity index (χ0n) is 10.0. The van der Waals surface area contributed by atoms with Crippen LogP contribution in [0, 0.1) is 6.92 Å². The van der Waals surface area contributed by atoms with E-state index in [1.807, 2.05) is 20.9 Å². The van der Waals surface area contributed by atoms with Crippen molar-refractivity contribution in [2.75, 3.05) is 11.9 Å². The van der Waals surface area contributed by atoms with Crippen LogP contribution in [-0.4, -0.2) is 23.1 Å². The van der Waals surface area contributed by atoms with Crippen LogP contribution in [0.5, 0.6) is 0 Å². The second-order valence-electron chi connectivity index (χ2n) is 3.94. The fourth-order valence-corrected chi connectivity index (χ4v) is 1.45. The molecule has 84 valence electrons. The molecule has 3 nitrogen and oxygen atoms in total. The molecule has 0 saturated carbocycles. The van der Waals surface area contributed by atoms with Gasteiger partial charge in [-0.25, -0.2) is 9.97 Å². The predicted molar refractivity (Wildman–Crippen MR) is 64.7 cm³/mol. The van der Waals surface area contributed by atoms with E-state index in [0.717, 1.165) is 23.6 Å². The van der Waals surface area contributed by atoms with Gasteiger partial charge in [0.05, 0.1) is 0 Å². The van der Waals surface area contributed by atoms with Crippen molar-refractivity contribution < 1.29 is 0 Å². The molecule has 15 heavy (non-hydrogen) atoms. The molecule has 0 fully saturated rings. The third-order valence-electron chi connectivity index (χ3n) is 2.53. The summed E-state index contributed by atoms with van der Waals surface area (Å²) in [6.07, 6.45) is 0.804. The van der Waals surface area contributed by atoms with Crippen LogP contribution in [0.15, 0.2) is 0 Å². The molecule has 0 amide bonds. The van der Waals surface area contributed by atoms with Gasteiger partial charge in [-0.1, -0.05) is 18.5 Å². The maximum absolute atomic E-state index is 6.07. The number of rotatable bonds is 3. The van der Waals surface area contributed by atoms with Crippen LogP contribution >= 0.6 is 11.6 Å². The lowest BCUT2D eigenvalue weighted by atomic mass is 10.2. The van der Waals surface area contributed by atoms with Crippen molar-refractivity contribution >= 4 is 17.4 Å². The molecule has 1 aromatic heterocycles. The smallest absolute Gasteiger partial charge is 0.137 e. The van der Waals surface area contributed by atoms with Gasteiger partial charge in [-0.05, 0) is 20.8 Å². The molecule has 0 aliphatic rings. The number of aryl methyl sites for hydroxylation is 1. The van der Waals surface area contributed by atoms with Crippen molar-refractivity contribution in [2.45, 2.75) is 40.2 Å². The zero-order valence-corrected chi connectivity index (χ0v) is 10.8. The molecule has 0 atom stereocenters. The number of hydrogen-bond donors (Lipinski definition) is 0. The Morgan fingerprint density at radius 1 is 1.33 bits per heavy atom. The first-order valence-corrected chi connectivity index (χ1v) is 5.61. The molecule has 0 radical (unpaired) electrons. The minimum Gasteiger partial charge on any atom is -0.357 e. The van der Waals surface area contributed by atoms with Crippen LogP contribution in [0.4, 0.5) is 5.82 Å². The van der Waals surface area contributed by atoms with Gasteiger partial charge in [0.15, 0.2) is 0 Å². The lowest BCUT2D eigenvalue weighted by Crippen LogP contribution is -2.28. The first kappa shape index (κ1) is 12.2. The maximum Gasteiger partial charge on any atom is 0.137 e. The summed E-state index contributed by atoms with van der Waals surface area (Å²) in [4.78, 5) is 10.8. The van der Waals surface area contributed by atoms with E-state index in [1.54, 1.807) is 0 Å². The Morgan fingerprint density at radius 2 is 1.93 bits per heavy atom. The standard InChI is InChI=1S/C11H18ClN3/c1-6-9-13-10(12)8(4)11(14-9)15(5)7(2)3/h7H,6H2,1-5H3. The summed E-state index contributed by atoms with van der Waals surface area (Å²) in [6.45, 7) is 8.23. The molecule has 0 aliphatic heterocycles. The molecule has 0 aliphatic carbocycles. The zero-order chi connectivity index (χ0) is 11.6. The van der Waals surface area contributed by atoms with Crippen LogP contribution in [0.3, 0.4) is 0 Å². The predicted octanol–water partition coefficient (Wildman–Crippen LogP) is 2.85. The fourth-order valence-electron chi connectivity index (χ4n) is 1.27. The summed E-state index contributed by atoms with van der Waals surface area (Å²) in [5, 5.41) is 0.560. The molecule has 1 heterocycles. The highest BCUT2D eigenvalue weighted by Gasteiger charge is 2.14. The third kappa shape index (κ3) is 2.59. The van der Waals surface area contributed by atoms with Crippen LogP contribution < -0.4 is 4.90 Å². The Kier molecular flexibility index (Phi) is 3.91. The van der Waals surface area contributed by atoms with Crippen LogP contribution in [-0.2, 0) is 6.42 Å². The first-order chi connectivity index (χ1) is 6.97. The van der Waals surface area contributed by atoms with E-state index in [1.165, 1.54) is 0 Å². The summed E-state index contributed by atoms with van der Waals surface area (Å²) in [5.41, 5.74) is 0.949. The Balaban J connectivity index is 3.21. The molecule has 4 heteroatoms.